The summed E-state index contributed by atoms with van der Waals surface area (Å²) in [6.07, 6.45) is 0. The third-order valence-electron chi connectivity index (χ3n) is 2.30. The van der Waals surface area contributed by atoms with E-state index in [-0.39, 0.29) is 11.6 Å². The van der Waals surface area contributed by atoms with Crippen LogP contribution >= 0.6 is 0 Å². The summed E-state index contributed by atoms with van der Waals surface area (Å²) in [5.41, 5.74) is 0.0887. The smallest absolute Gasteiger partial charge is 0.242 e. The van der Waals surface area contributed by atoms with Gasteiger partial charge >= 0.3 is 0 Å². The van der Waals surface area contributed by atoms with Crippen LogP contribution in [0.25, 0.3) is 0 Å². The van der Waals surface area contributed by atoms with Crippen LogP contribution in [-0.2, 0) is 9.53 Å². The Morgan fingerprint density at radius 2 is 2.17 bits per heavy atom. The van der Waals surface area contributed by atoms with E-state index in [2.05, 4.69) is 10.6 Å². The molecular weight excluding hydrogens is 242 g/mol. The van der Waals surface area contributed by atoms with E-state index in [1.807, 2.05) is 0 Å². The van der Waals surface area contributed by atoms with Gasteiger partial charge in [0.1, 0.15) is 17.7 Å². The maximum atomic E-state index is 13.3. The second kappa shape index (κ2) is 6.90. The number of ether oxygens (including phenoxy) is 1. The monoisotopic (exact) mass is 258 g/mol. The molecule has 2 N–H and O–H groups in total. The molecule has 0 spiro atoms. The van der Waals surface area contributed by atoms with Crippen molar-refractivity contribution in [3.05, 3.63) is 29.8 Å². The average Bonchev–Trinajstić information content (AvgIpc) is 2.32. The quantitative estimate of drug-likeness (QED) is 0.761. The molecule has 0 bridgehead atoms. The zero-order valence-corrected chi connectivity index (χ0v) is 10.3. The maximum Gasteiger partial charge on any atom is 0.242 e. The summed E-state index contributed by atoms with van der Waals surface area (Å²) in [5, 5.41) is 5.28. The van der Waals surface area contributed by atoms with Gasteiger partial charge in [0.05, 0.1) is 12.3 Å². The molecule has 18 heavy (non-hydrogen) atoms. The van der Waals surface area contributed by atoms with Gasteiger partial charge in [-0.15, -0.1) is 0 Å². The van der Waals surface area contributed by atoms with E-state index < -0.39 is 17.7 Å². The molecule has 1 amide bonds. The molecular formula is C12H16F2N2O2. The molecule has 6 heteroatoms. The summed E-state index contributed by atoms with van der Waals surface area (Å²) in [4.78, 5) is 11.6. The highest BCUT2D eigenvalue weighted by atomic mass is 19.1. The van der Waals surface area contributed by atoms with Crippen molar-refractivity contribution in [1.82, 2.24) is 5.32 Å². The lowest BCUT2D eigenvalue weighted by Crippen LogP contribution is -2.39. The fourth-order valence-corrected chi connectivity index (χ4v) is 1.33. The molecule has 0 radical (unpaired) electrons. The number of carbonyl (C=O) groups is 1. The zero-order valence-electron chi connectivity index (χ0n) is 10.3. The number of methoxy groups -OCH3 is 1. The molecule has 100 valence electrons. The van der Waals surface area contributed by atoms with Gasteiger partial charge in [-0.3, -0.25) is 4.79 Å². The fourth-order valence-electron chi connectivity index (χ4n) is 1.33. The first kappa shape index (κ1) is 14.4. The maximum absolute atomic E-state index is 13.3. The summed E-state index contributed by atoms with van der Waals surface area (Å²) in [5.74, 6) is -1.67. The number of rotatable bonds is 6. The Bertz CT molecular complexity index is 413. The minimum absolute atomic E-state index is 0.0887. The molecule has 0 aromatic heterocycles. The third-order valence-corrected chi connectivity index (χ3v) is 2.30. The van der Waals surface area contributed by atoms with Crippen molar-refractivity contribution in [3.63, 3.8) is 0 Å². The second-order valence-electron chi connectivity index (χ2n) is 3.77. The first-order valence-corrected chi connectivity index (χ1v) is 5.53. The molecule has 0 fully saturated rings. The minimum Gasteiger partial charge on any atom is -0.383 e. The number of benzene rings is 1. The largest absolute Gasteiger partial charge is 0.383 e. The van der Waals surface area contributed by atoms with Crippen molar-refractivity contribution in [1.29, 1.82) is 0 Å². The minimum atomic E-state index is -0.730. The molecule has 1 unspecified atom stereocenters. The zero-order chi connectivity index (χ0) is 13.5. The lowest BCUT2D eigenvalue weighted by molar-refractivity contribution is -0.121. The van der Waals surface area contributed by atoms with Crippen LogP contribution in [0.15, 0.2) is 18.2 Å². The Morgan fingerprint density at radius 3 is 2.78 bits per heavy atom. The van der Waals surface area contributed by atoms with Gasteiger partial charge in [-0.2, -0.15) is 0 Å². The fraction of sp³-hybridized carbons (Fsp3) is 0.417. The van der Waals surface area contributed by atoms with E-state index >= 15 is 0 Å². The van der Waals surface area contributed by atoms with Crippen LogP contribution in [0.4, 0.5) is 14.5 Å². The van der Waals surface area contributed by atoms with E-state index in [1.165, 1.54) is 13.2 Å². The van der Waals surface area contributed by atoms with Crippen LogP contribution in [0.5, 0.6) is 0 Å². The molecule has 0 saturated heterocycles. The van der Waals surface area contributed by atoms with E-state index in [4.69, 9.17) is 4.74 Å². The molecule has 1 atom stereocenters. The van der Waals surface area contributed by atoms with Crippen LogP contribution < -0.4 is 10.6 Å². The van der Waals surface area contributed by atoms with E-state index in [0.717, 1.165) is 12.1 Å². The summed E-state index contributed by atoms with van der Waals surface area (Å²) >= 11 is 0. The Kier molecular flexibility index (Phi) is 5.51. The predicted molar refractivity (Wildman–Crippen MR) is 64.3 cm³/mol. The van der Waals surface area contributed by atoms with Crippen LogP contribution in [-0.4, -0.2) is 32.2 Å². The summed E-state index contributed by atoms with van der Waals surface area (Å²) < 4.78 is 30.8. The lowest BCUT2D eigenvalue weighted by Gasteiger charge is -2.15. The van der Waals surface area contributed by atoms with Gasteiger partial charge in [0, 0.05) is 19.7 Å². The number of hydrogen-bond donors (Lipinski definition) is 2. The molecule has 1 aromatic rings. The van der Waals surface area contributed by atoms with Gasteiger partial charge in [0.25, 0.3) is 0 Å². The number of carbonyl (C=O) groups excluding carboxylic acids is 1. The summed E-state index contributed by atoms with van der Waals surface area (Å²) in [6, 6.07) is 2.52. The van der Waals surface area contributed by atoms with Crippen molar-refractivity contribution in [2.75, 3.05) is 25.6 Å². The van der Waals surface area contributed by atoms with Gasteiger partial charge in [0.2, 0.25) is 5.91 Å². The van der Waals surface area contributed by atoms with Gasteiger partial charge in [0.15, 0.2) is 0 Å². The van der Waals surface area contributed by atoms with Crippen molar-refractivity contribution >= 4 is 11.6 Å². The Labute approximate surface area is 104 Å². The van der Waals surface area contributed by atoms with Gasteiger partial charge in [-0.05, 0) is 19.1 Å². The second-order valence-corrected chi connectivity index (χ2v) is 3.77. The number of amides is 1. The Hall–Kier alpha value is -1.69. The van der Waals surface area contributed by atoms with Gasteiger partial charge in [-0.25, -0.2) is 8.78 Å². The highest BCUT2D eigenvalue weighted by Crippen LogP contribution is 2.15. The highest BCUT2D eigenvalue weighted by molar-refractivity contribution is 5.84. The number of halogens is 2. The van der Waals surface area contributed by atoms with Crippen LogP contribution in [0.2, 0.25) is 0 Å². The van der Waals surface area contributed by atoms with Crippen molar-refractivity contribution in [3.8, 4) is 0 Å². The normalized spacial score (nSPS) is 12.0. The lowest BCUT2D eigenvalue weighted by atomic mass is 10.2. The number of hydrogen-bond acceptors (Lipinski definition) is 3. The summed E-state index contributed by atoms with van der Waals surface area (Å²) in [7, 11) is 1.53. The molecule has 0 heterocycles. The van der Waals surface area contributed by atoms with Crippen LogP contribution in [0.3, 0.4) is 0 Å². The molecule has 1 rings (SSSR count). The number of anilines is 1. The SMILES string of the molecule is COCCNC(=O)C(C)Nc1ccc(F)cc1F. The summed E-state index contributed by atoms with van der Waals surface area (Å²) in [6.45, 7) is 2.38. The number of nitrogens with one attached hydrogen (secondary N) is 2. The molecule has 0 aliphatic carbocycles. The Balaban J connectivity index is 2.53. The standard InChI is InChI=1S/C12H16F2N2O2/c1-8(12(17)15-5-6-18-2)16-11-4-3-9(13)7-10(11)14/h3-4,7-8,16H,5-6H2,1-2H3,(H,15,17). The molecule has 0 aliphatic rings. The van der Waals surface area contributed by atoms with Gasteiger partial charge in [-0.1, -0.05) is 0 Å². The van der Waals surface area contributed by atoms with Crippen molar-refractivity contribution in [2.45, 2.75) is 13.0 Å². The average molecular weight is 258 g/mol. The topological polar surface area (TPSA) is 50.4 Å². The molecule has 0 aliphatic heterocycles. The first-order chi connectivity index (χ1) is 8.54. The van der Waals surface area contributed by atoms with E-state index in [9.17, 15) is 13.6 Å². The molecule has 0 saturated carbocycles. The van der Waals surface area contributed by atoms with Crippen molar-refractivity contribution < 1.29 is 18.3 Å². The van der Waals surface area contributed by atoms with E-state index in [1.54, 1.807) is 6.92 Å². The Morgan fingerprint density at radius 1 is 1.44 bits per heavy atom. The molecule has 4 nitrogen and oxygen atoms in total. The van der Waals surface area contributed by atoms with E-state index in [0.29, 0.717) is 13.2 Å². The van der Waals surface area contributed by atoms with Crippen LogP contribution in [0, 0.1) is 11.6 Å². The van der Waals surface area contributed by atoms with Crippen LogP contribution in [0.1, 0.15) is 6.92 Å². The third kappa shape index (κ3) is 4.29. The predicted octanol–water partition coefficient (Wildman–Crippen LogP) is 1.53. The first-order valence-electron chi connectivity index (χ1n) is 5.53. The van der Waals surface area contributed by atoms with Crippen molar-refractivity contribution in [2.24, 2.45) is 0 Å². The molecule has 1 aromatic carbocycles. The highest BCUT2D eigenvalue weighted by Gasteiger charge is 2.14. The van der Waals surface area contributed by atoms with Gasteiger partial charge < -0.3 is 15.4 Å².